The van der Waals surface area contributed by atoms with Crippen LogP contribution in [0.4, 0.5) is 5.82 Å². The van der Waals surface area contributed by atoms with Crippen LogP contribution < -0.4 is 10.5 Å². The highest BCUT2D eigenvalue weighted by Crippen LogP contribution is 2.32. The van der Waals surface area contributed by atoms with E-state index in [-0.39, 0.29) is 0 Å². The molecular weight excluding hydrogens is 380 g/mol. The Morgan fingerprint density at radius 1 is 1.33 bits per heavy atom. The monoisotopic (exact) mass is 402 g/mol. The standard InChI is InChI=1S/C14H22N6O6S/c1-7(2)3-16-12-9-13(18-5-17-12)20(6-19-9)14-11(22)10(21)8(26-14)4-25-27(15,23)24/h5-8,10-11,14,21-22H,3-4H2,1-2H3,(H2,15,23,24)(H,16,17,18)/t8-,10-,11-,14-/m1/s1. The second-order valence-electron chi connectivity index (χ2n) is 6.64. The van der Waals surface area contributed by atoms with Crippen LogP contribution >= 0.6 is 0 Å². The summed E-state index contributed by atoms with van der Waals surface area (Å²) in [5.41, 5.74) is 0.869. The van der Waals surface area contributed by atoms with Crippen molar-refractivity contribution in [2.45, 2.75) is 38.4 Å². The van der Waals surface area contributed by atoms with Gasteiger partial charge in [0, 0.05) is 6.54 Å². The predicted octanol–water partition coefficient (Wildman–Crippen LogP) is -1.27. The van der Waals surface area contributed by atoms with Gasteiger partial charge in [0.05, 0.1) is 12.9 Å². The van der Waals surface area contributed by atoms with E-state index < -0.39 is 41.5 Å². The number of ether oxygens (including phenoxy) is 1. The highest BCUT2D eigenvalue weighted by molar-refractivity contribution is 7.84. The SMILES string of the molecule is CC(C)CNc1ncnc2c1ncn2[C@@H]1O[C@H](COS(N)(=O)=O)[C@@H](O)[C@H]1O. The van der Waals surface area contributed by atoms with Crippen LogP contribution in [0.15, 0.2) is 12.7 Å². The maximum Gasteiger partial charge on any atom is 0.333 e. The molecule has 1 aliphatic heterocycles. The van der Waals surface area contributed by atoms with Gasteiger partial charge in [0.2, 0.25) is 0 Å². The Hall–Kier alpha value is -1.90. The first-order chi connectivity index (χ1) is 12.7. The van der Waals surface area contributed by atoms with E-state index in [0.29, 0.717) is 29.4 Å². The molecule has 27 heavy (non-hydrogen) atoms. The van der Waals surface area contributed by atoms with Crippen LogP contribution in [0.2, 0.25) is 0 Å². The molecule has 0 unspecified atom stereocenters. The number of imidazole rings is 1. The van der Waals surface area contributed by atoms with E-state index >= 15 is 0 Å². The second kappa shape index (κ2) is 7.61. The lowest BCUT2D eigenvalue weighted by atomic mass is 10.1. The van der Waals surface area contributed by atoms with E-state index in [1.165, 1.54) is 17.2 Å². The second-order valence-corrected chi connectivity index (χ2v) is 7.87. The lowest BCUT2D eigenvalue weighted by Crippen LogP contribution is -2.35. The van der Waals surface area contributed by atoms with Gasteiger partial charge in [0.25, 0.3) is 0 Å². The number of nitrogens with zero attached hydrogens (tertiary/aromatic N) is 4. The van der Waals surface area contributed by atoms with Crippen molar-refractivity contribution in [2.24, 2.45) is 11.1 Å². The van der Waals surface area contributed by atoms with E-state index in [2.05, 4.69) is 38.3 Å². The first-order valence-corrected chi connectivity index (χ1v) is 9.74. The molecule has 150 valence electrons. The summed E-state index contributed by atoms with van der Waals surface area (Å²) in [4.78, 5) is 12.6. The molecule has 1 saturated heterocycles. The van der Waals surface area contributed by atoms with Crippen molar-refractivity contribution in [1.29, 1.82) is 0 Å². The van der Waals surface area contributed by atoms with Crippen molar-refractivity contribution in [1.82, 2.24) is 19.5 Å². The lowest BCUT2D eigenvalue weighted by Gasteiger charge is -2.16. The van der Waals surface area contributed by atoms with Gasteiger partial charge in [0.1, 0.15) is 24.6 Å². The predicted molar refractivity (Wildman–Crippen MR) is 93.6 cm³/mol. The minimum atomic E-state index is -4.20. The normalized spacial score (nSPS) is 26.1. The summed E-state index contributed by atoms with van der Waals surface area (Å²) in [7, 11) is -4.20. The first kappa shape index (κ1) is 19.9. The summed E-state index contributed by atoms with van der Waals surface area (Å²) in [5, 5.41) is 28.4. The minimum absolute atomic E-state index is 0.389. The van der Waals surface area contributed by atoms with Crippen LogP contribution in [0, 0.1) is 5.92 Å². The maximum atomic E-state index is 10.9. The van der Waals surface area contributed by atoms with Crippen LogP contribution in [0.3, 0.4) is 0 Å². The molecule has 0 aromatic carbocycles. The quantitative estimate of drug-likeness (QED) is 0.437. The van der Waals surface area contributed by atoms with Crippen molar-refractivity contribution in [3.05, 3.63) is 12.7 Å². The third kappa shape index (κ3) is 4.34. The molecule has 3 heterocycles. The zero-order valence-electron chi connectivity index (χ0n) is 14.8. The Kier molecular flexibility index (Phi) is 5.60. The largest absolute Gasteiger partial charge is 0.387 e. The number of anilines is 1. The molecule has 0 bridgehead atoms. The summed E-state index contributed by atoms with van der Waals surface area (Å²) in [6, 6.07) is 0. The van der Waals surface area contributed by atoms with Crippen molar-refractivity contribution in [3.8, 4) is 0 Å². The Morgan fingerprint density at radius 2 is 2.07 bits per heavy atom. The molecular formula is C14H22N6O6S. The molecule has 13 heteroatoms. The molecule has 0 saturated carbocycles. The van der Waals surface area contributed by atoms with Gasteiger partial charge < -0.3 is 20.3 Å². The van der Waals surface area contributed by atoms with Gasteiger partial charge in [-0.05, 0) is 5.92 Å². The van der Waals surface area contributed by atoms with Crippen molar-refractivity contribution >= 4 is 27.3 Å². The lowest BCUT2D eigenvalue weighted by molar-refractivity contribution is -0.0467. The topological polar surface area (TPSA) is 175 Å². The Balaban J connectivity index is 1.83. The number of rotatable bonds is 7. The number of nitrogens with one attached hydrogen (secondary N) is 1. The highest BCUT2D eigenvalue weighted by Gasteiger charge is 2.44. The fourth-order valence-electron chi connectivity index (χ4n) is 2.73. The van der Waals surface area contributed by atoms with Gasteiger partial charge in [-0.1, -0.05) is 13.8 Å². The molecule has 0 radical (unpaired) electrons. The van der Waals surface area contributed by atoms with Crippen molar-refractivity contribution < 1.29 is 27.6 Å². The molecule has 0 amide bonds. The summed E-state index contributed by atoms with van der Waals surface area (Å²) in [6.07, 6.45) is -2.10. The Morgan fingerprint density at radius 3 is 2.74 bits per heavy atom. The third-order valence-electron chi connectivity index (χ3n) is 4.04. The van der Waals surface area contributed by atoms with Crippen molar-refractivity contribution in [2.75, 3.05) is 18.5 Å². The minimum Gasteiger partial charge on any atom is -0.387 e. The molecule has 5 N–H and O–H groups in total. The van der Waals surface area contributed by atoms with Crippen LogP contribution in [0.5, 0.6) is 0 Å². The van der Waals surface area contributed by atoms with Crippen LogP contribution in [0.25, 0.3) is 11.2 Å². The number of fused-ring (bicyclic) bond motifs is 1. The number of aromatic nitrogens is 4. The van der Waals surface area contributed by atoms with Gasteiger partial charge >= 0.3 is 10.3 Å². The van der Waals surface area contributed by atoms with Gasteiger partial charge in [0.15, 0.2) is 23.2 Å². The van der Waals surface area contributed by atoms with Crippen LogP contribution in [-0.4, -0.2) is 69.6 Å². The molecule has 0 spiro atoms. The fourth-order valence-corrected chi connectivity index (χ4v) is 3.05. The molecule has 12 nitrogen and oxygen atoms in total. The fraction of sp³-hybridized carbons (Fsp3) is 0.643. The van der Waals surface area contributed by atoms with Crippen LogP contribution in [-0.2, 0) is 19.2 Å². The van der Waals surface area contributed by atoms with Crippen LogP contribution in [0.1, 0.15) is 20.1 Å². The maximum absolute atomic E-state index is 10.9. The summed E-state index contributed by atoms with van der Waals surface area (Å²) < 4.78 is 33.3. The zero-order chi connectivity index (χ0) is 19.8. The van der Waals surface area contributed by atoms with Gasteiger partial charge in [-0.15, -0.1) is 0 Å². The number of aliphatic hydroxyl groups is 2. The zero-order valence-corrected chi connectivity index (χ0v) is 15.6. The average molecular weight is 402 g/mol. The molecule has 1 fully saturated rings. The average Bonchev–Trinajstić information content (AvgIpc) is 3.13. The Labute approximate surface area is 155 Å². The number of nitrogens with two attached hydrogens (primary N) is 1. The number of hydrogen-bond acceptors (Lipinski definition) is 10. The molecule has 2 aromatic rings. The summed E-state index contributed by atoms with van der Waals surface area (Å²) >= 11 is 0. The van der Waals surface area contributed by atoms with E-state index in [0.717, 1.165) is 0 Å². The Bertz CT molecular complexity index is 903. The van der Waals surface area contributed by atoms with Crippen molar-refractivity contribution in [3.63, 3.8) is 0 Å². The van der Waals surface area contributed by atoms with E-state index in [9.17, 15) is 18.6 Å². The molecule has 1 aliphatic rings. The first-order valence-electron chi connectivity index (χ1n) is 8.27. The summed E-state index contributed by atoms with van der Waals surface area (Å²) in [6.45, 7) is 4.26. The molecule has 3 rings (SSSR count). The number of hydrogen-bond donors (Lipinski definition) is 4. The van der Waals surface area contributed by atoms with E-state index in [4.69, 9.17) is 9.88 Å². The third-order valence-corrected chi connectivity index (χ3v) is 4.51. The van der Waals surface area contributed by atoms with Gasteiger partial charge in [-0.3, -0.25) is 8.75 Å². The van der Waals surface area contributed by atoms with E-state index in [1.54, 1.807) is 0 Å². The number of aliphatic hydroxyl groups excluding tert-OH is 2. The molecule has 4 atom stereocenters. The highest BCUT2D eigenvalue weighted by atomic mass is 32.2. The smallest absolute Gasteiger partial charge is 0.333 e. The van der Waals surface area contributed by atoms with E-state index in [1.807, 2.05) is 0 Å². The van der Waals surface area contributed by atoms with Gasteiger partial charge in [-0.2, -0.15) is 8.42 Å². The summed E-state index contributed by atoms with van der Waals surface area (Å²) in [5.74, 6) is 0.932. The molecule has 2 aromatic heterocycles. The molecule has 0 aliphatic carbocycles. The van der Waals surface area contributed by atoms with Gasteiger partial charge in [-0.25, -0.2) is 20.1 Å².